The van der Waals surface area contributed by atoms with Gasteiger partial charge >= 0.3 is 0 Å². The Bertz CT molecular complexity index is 907. The predicted octanol–water partition coefficient (Wildman–Crippen LogP) is 3.56. The number of aromatic nitrogens is 4. The van der Waals surface area contributed by atoms with Crippen molar-refractivity contribution in [1.29, 1.82) is 0 Å². The van der Waals surface area contributed by atoms with Crippen LogP contribution in [0.4, 0.5) is 0 Å². The van der Waals surface area contributed by atoms with Crippen molar-refractivity contribution >= 4 is 0 Å². The molecule has 2 heterocycles. The molecule has 1 aliphatic carbocycles. The summed E-state index contributed by atoms with van der Waals surface area (Å²) >= 11 is 0. The normalized spacial score (nSPS) is 19.2. The summed E-state index contributed by atoms with van der Waals surface area (Å²) in [5.41, 5.74) is 0.922. The molecule has 1 fully saturated rings. The van der Waals surface area contributed by atoms with Gasteiger partial charge in [-0.25, -0.2) is 9.97 Å². The molecule has 154 valence electrons. The molecule has 0 bridgehead atoms. The van der Waals surface area contributed by atoms with E-state index in [9.17, 15) is 5.11 Å². The quantitative estimate of drug-likeness (QED) is 0.630. The van der Waals surface area contributed by atoms with E-state index in [4.69, 9.17) is 9.47 Å². The van der Waals surface area contributed by atoms with Crippen molar-refractivity contribution in [3.05, 3.63) is 49.3 Å². The molecule has 0 amide bonds. The number of nitrogens with zero attached hydrogens (tertiary/aromatic N) is 4. The van der Waals surface area contributed by atoms with E-state index in [1.54, 1.807) is 19.6 Å². The van der Waals surface area contributed by atoms with Crippen LogP contribution in [-0.2, 0) is 6.54 Å². The number of aliphatic hydroxyl groups is 1. The van der Waals surface area contributed by atoms with Crippen LogP contribution in [-0.4, -0.2) is 44.5 Å². The van der Waals surface area contributed by atoms with Crippen molar-refractivity contribution in [2.45, 2.75) is 38.3 Å². The molecule has 7 nitrogen and oxygen atoms in total. The standard InChI is InChI=1S/C22H28N4O3/c1-28-20-7-3-6-19(21(20)29-13-12-25-10-8-23-16-25)22-24-9-11-26(22)18-5-2-4-17(14-18)15-27/h3,6-11,16-18,27H,2,4-5,12-15H2,1H3/t17-,18+/m0/s1. The third-order valence-corrected chi connectivity index (χ3v) is 5.67. The van der Waals surface area contributed by atoms with E-state index in [0.717, 1.165) is 37.1 Å². The van der Waals surface area contributed by atoms with Crippen molar-refractivity contribution in [2.24, 2.45) is 5.92 Å². The molecule has 4 rings (SSSR count). The highest BCUT2D eigenvalue weighted by Gasteiger charge is 2.26. The number of methoxy groups -OCH3 is 1. The first kappa shape index (κ1) is 19.5. The molecule has 0 unspecified atom stereocenters. The van der Waals surface area contributed by atoms with Crippen LogP contribution in [0, 0.1) is 5.92 Å². The summed E-state index contributed by atoms with van der Waals surface area (Å²) in [5.74, 6) is 2.64. The Morgan fingerprint density at radius 3 is 2.93 bits per heavy atom. The van der Waals surface area contributed by atoms with Crippen LogP contribution in [0.2, 0.25) is 0 Å². The maximum atomic E-state index is 9.61. The molecular formula is C22H28N4O3. The summed E-state index contributed by atoms with van der Waals surface area (Å²) in [6.07, 6.45) is 13.6. The van der Waals surface area contributed by atoms with Crippen LogP contribution in [0.5, 0.6) is 11.5 Å². The fourth-order valence-electron chi connectivity index (χ4n) is 4.17. The van der Waals surface area contributed by atoms with Crippen molar-refractivity contribution in [2.75, 3.05) is 20.3 Å². The Kier molecular flexibility index (Phi) is 6.14. The van der Waals surface area contributed by atoms with Gasteiger partial charge in [0.05, 0.1) is 25.5 Å². The molecule has 2 aromatic heterocycles. The van der Waals surface area contributed by atoms with Gasteiger partial charge < -0.3 is 23.7 Å². The third kappa shape index (κ3) is 4.29. The molecule has 0 spiro atoms. The number of hydrogen-bond donors (Lipinski definition) is 1. The Hall–Kier alpha value is -2.80. The lowest BCUT2D eigenvalue weighted by molar-refractivity contribution is 0.163. The monoisotopic (exact) mass is 396 g/mol. The molecule has 1 saturated carbocycles. The summed E-state index contributed by atoms with van der Waals surface area (Å²) in [6, 6.07) is 6.24. The molecule has 3 aromatic rings. The van der Waals surface area contributed by atoms with Gasteiger partial charge in [0.25, 0.3) is 0 Å². The van der Waals surface area contributed by atoms with Gasteiger partial charge in [0.1, 0.15) is 12.4 Å². The van der Waals surface area contributed by atoms with Crippen LogP contribution in [0.1, 0.15) is 31.7 Å². The van der Waals surface area contributed by atoms with Gasteiger partial charge in [-0.3, -0.25) is 0 Å². The van der Waals surface area contributed by atoms with Crippen molar-refractivity contribution < 1.29 is 14.6 Å². The van der Waals surface area contributed by atoms with Gasteiger partial charge in [0.15, 0.2) is 11.5 Å². The van der Waals surface area contributed by atoms with Crippen LogP contribution in [0.25, 0.3) is 11.4 Å². The molecule has 29 heavy (non-hydrogen) atoms. The van der Waals surface area contributed by atoms with E-state index in [1.807, 2.05) is 41.4 Å². The number of ether oxygens (including phenoxy) is 2. The van der Waals surface area contributed by atoms with Crippen LogP contribution in [0.3, 0.4) is 0 Å². The molecule has 1 N–H and O–H groups in total. The highest BCUT2D eigenvalue weighted by molar-refractivity contribution is 5.69. The Morgan fingerprint density at radius 1 is 1.21 bits per heavy atom. The van der Waals surface area contributed by atoms with E-state index >= 15 is 0 Å². The largest absolute Gasteiger partial charge is 0.493 e. The number of benzene rings is 1. The number of para-hydroxylation sites is 1. The zero-order chi connectivity index (χ0) is 20.1. The Morgan fingerprint density at radius 2 is 2.14 bits per heavy atom. The zero-order valence-electron chi connectivity index (χ0n) is 16.8. The molecule has 1 aromatic carbocycles. The van der Waals surface area contributed by atoms with Crippen LogP contribution in [0.15, 0.2) is 49.3 Å². The van der Waals surface area contributed by atoms with Gasteiger partial charge in [-0.2, -0.15) is 0 Å². The van der Waals surface area contributed by atoms with E-state index < -0.39 is 0 Å². The smallest absolute Gasteiger partial charge is 0.172 e. The fraction of sp³-hybridized carbons (Fsp3) is 0.455. The molecule has 1 aliphatic rings. The highest BCUT2D eigenvalue weighted by Crippen LogP contribution is 2.40. The number of imidazole rings is 2. The average molecular weight is 396 g/mol. The molecular weight excluding hydrogens is 368 g/mol. The minimum atomic E-state index is 0.252. The number of hydrogen-bond acceptors (Lipinski definition) is 5. The van der Waals surface area contributed by atoms with E-state index in [-0.39, 0.29) is 6.61 Å². The van der Waals surface area contributed by atoms with Crippen LogP contribution < -0.4 is 9.47 Å². The third-order valence-electron chi connectivity index (χ3n) is 5.67. The summed E-state index contributed by atoms with van der Waals surface area (Å²) < 4.78 is 16.0. The summed E-state index contributed by atoms with van der Waals surface area (Å²) in [4.78, 5) is 8.72. The summed E-state index contributed by atoms with van der Waals surface area (Å²) in [5, 5.41) is 9.61. The topological polar surface area (TPSA) is 74.3 Å². The van der Waals surface area contributed by atoms with E-state index in [0.29, 0.717) is 36.6 Å². The second-order valence-corrected chi connectivity index (χ2v) is 7.51. The lowest BCUT2D eigenvalue weighted by Gasteiger charge is -2.30. The van der Waals surface area contributed by atoms with Gasteiger partial charge in [-0.05, 0) is 37.3 Å². The average Bonchev–Trinajstić information content (AvgIpc) is 3.46. The molecule has 0 aliphatic heterocycles. The van der Waals surface area contributed by atoms with Crippen molar-refractivity contribution in [3.63, 3.8) is 0 Å². The van der Waals surface area contributed by atoms with Gasteiger partial charge in [0.2, 0.25) is 0 Å². The van der Waals surface area contributed by atoms with Crippen LogP contribution >= 0.6 is 0 Å². The first-order valence-electron chi connectivity index (χ1n) is 10.2. The number of rotatable bonds is 8. The first-order chi connectivity index (χ1) is 14.3. The molecule has 7 heteroatoms. The molecule has 0 radical (unpaired) electrons. The van der Waals surface area contributed by atoms with E-state index in [2.05, 4.69) is 14.5 Å². The van der Waals surface area contributed by atoms with Gasteiger partial charge in [-0.1, -0.05) is 12.5 Å². The first-order valence-corrected chi connectivity index (χ1v) is 10.2. The van der Waals surface area contributed by atoms with Crippen molar-refractivity contribution in [3.8, 4) is 22.9 Å². The Balaban J connectivity index is 1.61. The van der Waals surface area contributed by atoms with Crippen molar-refractivity contribution in [1.82, 2.24) is 19.1 Å². The highest BCUT2D eigenvalue weighted by atomic mass is 16.5. The SMILES string of the molecule is COc1cccc(-c2nccn2[C@@H]2CCC[C@H](CO)C2)c1OCCn1ccnc1. The lowest BCUT2D eigenvalue weighted by Crippen LogP contribution is -2.21. The second-order valence-electron chi connectivity index (χ2n) is 7.51. The minimum absolute atomic E-state index is 0.252. The predicted molar refractivity (Wildman–Crippen MR) is 110 cm³/mol. The zero-order valence-corrected chi connectivity index (χ0v) is 16.8. The maximum absolute atomic E-state index is 9.61. The van der Waals surface area contributed by atoms with E-state index in [1.165, 1.54) is 0 Å². The van der Waals surface area contributed by atoms with Gasteiger partial charge in [-0.15, -0.1) is 0 Å². The van der Waals surface area contributed by atoms with Gasteiger partial charge in [0, 0.05) is 37.4 Å². The minimum Gasteiger partial charge on any atom is -0.493 e. The second kappa shape index (κ2) is 9.13. The number of aliphatic hydroxyl groups excluding tert-OH is 1. The lowest BCUT2D eigenvalue weighted by atomic mass is 9.86. The fourth-order valence-corrected chi connectivity index (χ4v) is 4.17. The Labute approximate surface area is 170 Å². The summed E-state index contributed by atoms with van der Waals surface area (Å²) in [6.45, 7) is 1.45. The summed E-state index contributed by atoms with van der Waals surface area (Å²) in [7, 11) is 1.65. The molecule has 0 saturated heterocycles. The molecule has 2 atom stereocenters. The maximum Gasteiger partial charge on any atom is 0.172 e.